The van der Waals surface area contributed by atoms with Crippen LogP contribution >= 0.6 is 34.9 Å². The summed E-state index contributed by atoms with van der Waals surface area (Å²) in [5, 5.41) is 25.2. The van der Waals surface area contributed by atoms with Crippen molar-refractivity contribution in [1.82, 2.24) is 30.4 Å². The lowest BCUT2D eigenvalue weighted by molar-refractivity contribution is -0.150. The van der Waals surface area contributed by atoms with E-state index in [0.29, 0.717) is 26.4 Å². The molecular weight excluding hydrogens is 484 g/mol. The third kappa shape index (κ3) is 4.40. The van der Waals surface area contributed by atoms with Crippen molar-refractivity contribution in [3.05, 3.63) is 28.8 Å². The molecule has 0 saturated carbocycles. The van der Waals surface area contributed by atoms with E-state index in [1.807, 2.05) is 0 Å². The summed E-state index contributed by atoms with van der Waals surface area (Å²) >= 11 is 3.95. The van der Waals surface area contributed by atoms with Gasteiger partial charge in [-0.15, -0.1) is 28.2 Å². The van der Waals surface area contributed by atoms with E-state index in [1.165, 1.54) is 44.4 Å². The van der Waals surface area contributed by atoms with Gasteiger partial charge in [-0.3, -0.25) is 18.7 Å². The number of β-lactam (4-membered cyclic amide) rings is 1. The molecule has 11 nitrogen and oxygen atoms in total. The molecule has 1 saturated heterocycles. The van der Waals surface area contributed by atoms with Crippen molar-refractivity contribution in [2.75, 3.05) is 17.3 Å². The Hall–Kier alpha value is -2.23. The predicted octanol–water partition coefficient (Wildman–Crippen LogP) is -0.0899. The quantitative estimate of drug-likeness (QED) is 0.372. The molecule has 1 fully saturated rings. The minimum absolute atomic E-state index is 0.0657. The topological polar surface area (TPSA) is 147 Å². The van der Waals surface area contributed by atoms with Crippen LogP contribution in [0.4, 0.5) is 0 Å². The van der Waals surface area contributed by atoms with Crippen LogP contribution in [0.25, 0.3) is 0 Å². The Kier molecular flexibility index (Phi) is 6.45. The number of aliphatic carboxylic acids is 1. The molecule has 0 bridgehead atoms. The van der Waals surface area contributed by atoms with E-state index in [-0.39, 0.29) is 11.4 Å². The van der Waals surface area contributed by atoms with Gasteiger partial charge >= 0.3 is 5.97 Å². The van der Waals surface area contributed by atoms with E-state index in [9.17, 15) is 23.7 Å². The van der Waals surface area contributed by atoms with Crippen molar-refractivity contribution in [3.8, 4) is 0 Å². The molecule has 2 aromatic rings. The maximum atomic E-state index is 12.7. The number of thiophene rings is 1. The Labute approximate surface area is 191 Å². The van der Waals surface area contributed by atoms with Gasteiger partial charge in [0.1, 0.15) is 22.9 Å². The summed E-state index contributed by atoms with van der Waals surface area (Å²) in [6.07, 6.45) is 0. The molecule has 2 N–H and O–H groups in total. The third-order valence-corrected chi connectivity index (χ3v) is 9.56. The second kappa shape index (κ2) is 9.10. The van der Waals surface area contributed by atoms with Crippen LogP contribution in [0.3, 0.4) is 0 Å². The molecule has 2 amide bonds. The number of aryl methyl sites for hydroxylation is 1. The van der Waals surface area contributed by atoms with Crippen molar-refractivity contribution in [2.24, 2.45) is 7.05 Å². The molecule has 15 heteroatoms. The zero-order valence-electron chi connectivity index (χ0n) is 16.0. The molecule has 0 aromatic carbocycles. The monoisotopic (exact) mass is 500 g/mol. The molecule has 2 aromatic heterocycles. The molecule has 31 heavy (non-hydrogen) atoms. The molecular formula is C16H16N6O5S4. The van der Waals surface area contributed by atoms with Gasteiger partial charge < -0.3 is 10.4 Å². The highest BCUT2D eigenvalue weighted by molar-refractivity contribution is 8.01. The average Bonchev–Trinajstić information content (AvgIpc) is 3.41. The first-order valence-corrected chi connectivity index (χ1v) is 13.1. The van der Waals surface area contributed by atoms with Crippen LogP contribution in [0.1, 0.15) is 0 Å². The fraction of sp³-hybridized carbons (Fsp3) is 0.375. The Morgan fingerprint density at radius 3 is 2.90 bits per heavy atom. The van der Waals surface area contributed by atoms with Crippen molar-refractivity contribution in [2.45, 2.75) is 20.8 Å². The number of amides is 2. The van der Waals surface area contributed by atoms with E-state index in [4.69, 9.17) is 0 Å². The number of nitrogens with zero attached hydrogens (tertiary/aromatic N) is 5. The van der Waals surface area contributed by atoms with Crippen LogP contribution in [0.15, 0.2) is 38.1 Å². The van der Waals surface area contributed by atoms with Crippen molar-refractivity contribution in [3.63, 3.8) is 0 Å². The van der Waals surface area contributed by atoms with E-state index in [2.05, 4.69) is 20.8 Å². The van der Waals surface area contributed by atoms with Gasteiger partial charge in [-0.25, -0.2) is 9.48 Å². The number of thioether (sulfide) groups is 2. The first-order chi connectivity index (χ1) is 14.9. The summed E-state index contributed by atoms with van der Waals surface area (Å²) in [7, 11) is 0.192. The van der Waals surface area contributed by atoms with Crippen molar-refractivity contribution >= 4 is 63.4 Å². The van der Waals surface area contributed by atoms with E-state index in [0.717, 1.165) is 0 Å². The number of aromatic nitrogens is 4. The molecule has 2 aliphatic rings. The number of carbonyl (C=O) groups excluding carboxylic acids is 2. The number of carboxylic acids is 1. The summed E-state index contributed by atoms with van der Waals surface area (Å²) in [5.41, 5.74) is 0.516. The Balaban J connectivity index is 1.42. The number of fused-ring (bicyclic) bond motifs is 1. The fourth-order valence-corrected chi connectivity index (χ4v) is 7.34. The molecule has 0 aliphatic carbocycles. The van der Waals surface area contributed by atoms with Gasteiger partial charge in [-0.1, -0.05) is 17.8 Å². The number of hydrogen-bond acceptors (Lipinski definition) is 10. The van der Waals surface area contributed by atoms with Gasteiger partial charge in [0.2, 0.25) is 11.1 Å². The van der Waals surface area contributed by atoms with Crippen LogP contribution in [-0.2, 0) is 32.2 Å². The standard InChI is InChI=1S/C16H16N6O5S4/c1-21-16(18-19-20-21)30-6-8-5-29-14-11(13(24)22(14)12(8)15(25)26)17-9(23)7-31(27)10-3-2-4-28-10/h2-4,11,14H,5-7H2,1H3,(H,17,23)(H,25,26)/t11?,14-,31?/m1/s1. The molecule has 0 radical (unpaired) electrons. The highest BCUT2D eigenvalue weighted by atomic mass is 32.2. The third-order valence-electron chi connectivity index (χ3n) is 4.50. The first-order valence-electron chi connectivity index (χ1n) is 8.83. The molecule has 4 rings (SSSR count). The van der Waals surface area contributed by atoms with Crippen LogP contribution in [-0.4, -0.2) is 80.9 Å². The number of tetrazole rings is 1. The van der Waals surface area contributed by atoms with Gasteiger partial charge in [0.25, 0.3) is 5.91 Å². The normalized spacial score (nSPS) is 21.5. The Bertz CT molecular complexity index is 1080. The lowest BCUT2D eigenvalue weighted by Crippen LogP contribution is -2.70. The number of carboxylic acid groups (broad SMARTS) is 1. The second-order valence-electron chi connectivity index (χ2n) is 6.51. The lowest BCUT2D eigenvalue weighted by Gasteiger charge is -2.49. The minimum atomic E-state index is -1.49. The first kappa shape index (κ1) is 22.0. The predicted molar refractivity (Wildman–Crippen MR) is 115 cm³/mol. The van der Waals surface area contributed by atoms with E-state index < -0.39 is 40.0 Å². The van der Waals surface area contributed by atoms with Crippen LogP contribution < -0.4 is 5.32 Å². The summed E-state index contributed by atoms with van der Waals surface area (Å²) in [5.74, 6) is -1.75. The van der Waals surface area contributed by atoms with E-state index in [1.54, 1.807) is 24.6 Å². The van der Waals surface area contributed by atoms with Crippen molar-refractivity contribution in [1.29, 1.82) is 0 Å². The largest absolute Gasteiger partial charge is 0.477 e. The van der Waals surface area contributed by atoms with Gasteiger partial charge in [0.15, 0.2) is 0 Å². The van der Waals surface area contributed by atoms with Gasteiger partial charge in [0, 0.05) is 18.6 Å². The molecule has 4 heterocycles. The summed E-state index contributed by atoms with van der Waals surface area (Å²) < 4.78 is 14.3. The van der Waals surface area contributed by atoms with E-state index >= 15 is 0 Å². The maximum Gasteiger partial charge on any atom is 0.352 e. The lowest BCUT2D eigenvalue weighted by atomic mass is 10.0. The number of hydrogen-bond donors (Lipinski definition) is 2. The highest BCUT2D eigenvalue weighted by Gasteiger charge is 2.54. The average molecular weight is 501 g/mol. The molecule has 2 aliphatic heterocycles. The highest BCUT2D eigenvalue weighted by Crippen LogP contribution is 2.41. The zero-order chi connectivity index (χ0) is 22.1. The SMILES string of the molecule is Cn1nnnc1SCC1=C(C(=O)O)N2C(=O)C(NC(=O)CS(=O)c3cccs3)[C@H]2SC1. The van der Waals surface area contributed by atoms with Gasteiger partial charge in [0.05, 0.1) is 15.0 Å². The molecule has 2 unspecified atom stereocenters. The fourth-order valence-electron chi connectivity index (χ4n) is 3.09. The summed E-state index contributed by atoms with van der Waals surface area (Å²) in [4.78, 5) is 38.1. The number of rotatable bonds is 8. The number of carbonyl (C=O) groups is 3. The van der Waals surface area contributed by atoms with Gasteiger partial charge in [-0.05, 0) is 27.4 Å². The molecule has 164 valence electrons. The Morgan fingerprint density at radius 1 is 1.45 bits per heavy atom. The summed E-state index contributed by atoms with van der Waals surface area (Å²) in [6.45, 7) is 0. The van der Waals surface area contributed by atoms with Crippen LogP contribution in [0.5, 0.6) is 0 Å². The van der Waals surface area contributed by atoms with Crippen LogP contribution in [0, 0.1) is 0 Å². The summed E-state index contributed by atoms with van der Waals surface area (Å²) in [6, 6.07) is 2.59. The van der Waals surface area contributed by atoms with Gasteiger partial charge in [-0.2, -0.15) is 0 Å². The smallest absolute Gasteiger partial charge is 0.352 e. The van der Waals surface area contributed by atoms with Crippen molar-refractivity contribution < 1.29 is 23.7 Å². The number of nitrogens with one attached hydrogen (secondary N) is 1. The molecule has 0 spiro atoms. The Morgan fingerprint density at radius 2 is 2.26 bits per heavy atom. The minimum Gasteiger partial charge on any atom is -0.477 e. The molecule has 3 atom stereocenters. The maximum absolute atomic E-state index is 12.7. The van der Waals surface area contributed by atoms with Crippen LogP contribution in [0.2, 0.25) is 0 Å². The zero-order valence-corrected chi connectivity index (χ0v) is 19.2. The second-order valence-corrected chi connectivity index (χ2v) is 11.2.